The quantitative estimate of drug-likeness (QED) is 0.265. The van der Waals surface area contributed by atoms with E-state index in [-0.39, 0.29) is 11.7 Å². The number of hydrogen-bond acceptors (Lipinski definition) is 7. The predicted molar refractivity (Wildman–Crippen MR) is 145 cm³/mol. The van der Waals surface area contributed by atoms with Crippen LogP contribution in [0.4, 0.5) is 10.8 Å². The van der Waals surface area contributed by atoms with E-state index < -0.39 is 16.1 Å². The molecule has 2 aromatic heterocycles. The molecule has 0 saturated heterocycles. The SMILES string of the molecule is COc1cc(Nc2nc([C@H](CC(C)C)NS(=O)(=O)Cc3ccccc3)cs2)ccc1-n1cnc(C)c1. The number of ether oxygens (including phenoxy) is 1. The van der Waals surface area contributed by atoms with Crippen LogP contribution in [0.3, 0.4) is 0 Å². The Balaban J connectivity index is 1.51. The van der Waals surface area contributed by atoms with E-state index in [1.807, 2.05) is 71.6 Å². The summed E-state index contributed by atoms with van der Waals surface area (Å²) in [7, 11) is -1.91. The molecule has 0 aliphatic carbocycles. The van der Waals surface area contributed by atoms with Crippen molar-refractivity contribution >= 4 is 32.2 Å². The molecule has 4 rings (SSSR count). The van der Waals surface area contributed by atoms with Crippen LogP contribution >= 0.6 is 11.3 Å². The molecular formula is C26H31N5O3S2. The molecule has 1 atom stereocenters. The van der Waals surface area contributed by atoms with Crippen molar-refractivity contribution in [3.63, 3.8) is 0 Å². The second kappa shape index (κ2) is 11.2. The van der Waals surface area contributed by atoms with Crippen molar-refractivity contribution in [1.29, 1.82) is 0 Å². The van der Waals surface area contributed by atoms with Crippen LogP contribution in [0.2, 0.25) is 0 Å². The first-order chi connectivity index (χ1) is 17.2. The van der Waals surface area contributed by atoms with E-state index in [4.69, 9.17) is 9.72 Å². The van der Waals surface area contributed by atoms with Crippen molar-refractivity contribution < 1.29 is 13.2 Å². The molecule has 0 aliphatic rings. The van der Waals surface area contributed by atoms with E-state index in [9.17, 15) is 8.42 Å². The molecule has 0 bridgehead atoms. The van der Waals surface area contributed by atoms with Crippen molar-refractivity contribution in [3.05, 3.63) is 83.4 Å². The lowest BCUT2D eigenvalue weighted by Crippen LogP contribution is -2.31. The molecule has 2 heterocycles. The van der Waals surface area contributed by atoms with Crippen LogP contribution in [0, 0.1) is 12.8 Å². The normalized spacial score (nSPS) is 12.6. The zero-order valence-electron chi connectivity index (χ0n) is 20.8. The van der Waals surface area contributed by atoms with Crippen molar-refractivity contribution in [2.24, 2.45) is 5.92 Å². The molecule has 0 saturated carbocycles. The number of benzene rings is 2. The zero-order chi connectivity index (χ0) is 25.7. The number of hydrogen-bond donors (Lipinski definition) is 2. The monoisotopic (exact) mass is 525 g/mol. The third kappa shape index (κ3) is 6.71. The highest BCUT2D eigenvalue weighted by Crippen LogP contribution is 2.31. The summed E-state index contributed by atoms with van der Waals surface area (Å²) in [4.78, 5) is 9.00. The molecule has 0 amide bonds. The van der Waals surface area contributed by atoms with Crippen LogP contribution in [0.15, 0.2) is 66.4 Å². The fourth-order valence-corrected chi connectivity index (χ4v) is 6.05. The molecule has 36 heavy (non-hydrogen) atoms. The molecule has 0 fully saturated rings. The van der Waals surface area contributed by atoms with E-state index in [2.05, 4.69) is 28.9 Å². The first kappa shape index (κ1) is 25.9. The fourth-order valence-electron chi connectivity index (χ4n) is 3.90. The van der Waals surface area contributed by atoms with Gasteiger partial charge >= 0.3 is 0 Å². The number of imidazole rings is 1. The highest BCUT2D eigenvalue weighted by Gasteiger charge is 2.23. The number of rotatable bonds is 11. The van der Waals surface area contributed by atoms with Crippen molar-refractivity contribution in [2.75, 3.05) is 12.4 Å². The summed E-state index contributed by atoms with van der Waals surface area (Å²) in [5, 5.41) is 5.90. The molecule has 0 radical (unpaired) electrons. The van der Waals surface area contributed by atoms with Gasteiger partial charge in [0.2, 0.25) is 10.0 Å². The van der Waals surface area contributed by atoms with Gasteiger partial charge in [0, 0.05) is 23.3 Å². The summed E-state index contributed by atoms with van der Waals surface area (Å²) < 4.78 is 36.2. The number of methoxy groups -OCH3 is 1. The summed E-state index contributed by atoms with van der Waals surface area (Å²) in [6, 6.07) is 14.6. The van der Waals surface area contributed by atoms with Gasteiger partial charge in [-0.05, 0) is 37.0 Å². The first-order valence-electron chi connectivity index (χ1n) is 11.7. The van der Waals surface area contributed by atoms with Gasteiger partial charge in [0.15, 0.2) is 5.13 Å². The molecule has 0 spiro atoms. The summed E-state index contributed by atoms with van der Waals surface area (Å²) in [5.41, 5.74) is 4.07. The van der Waals surface area contributed by atoms with Gasteiger partial charge in [0.05, 0.1) is 42.3 Å². The average molecular weight is 526 g/mol. The van der Waals surface area contributed by atoms with Crippen LogP contribution in [-0.4, -0.2) is 30.1 Å². The Hall–Kier alpha value is -3.21. The minimum absolute atomic E-state index is 0.0692. The Morgan fingerprint density at radius 2 is 1.92 bits per heavy atom. The summed E-state index contributed by atoms with van der Waals surface area (Å²) in [6.07, 6.45) is 4.33. The van der Waals surface area contributed by atoms with Gasteiger partial charge < -0.3 is 14.6 Å². The molecule has 2 aromatic carbocycles. The second-order valence-electron chi connectivity index (χ2n) is 9.06. The molecule has 0 unspecified atom stereocenters. The molecule has 2 N–H and O–H groups in total. The smallest absolute Gasteiger partial charge is 0.216 e. The van der Waals surface area contributed by atoms with Crippen LogP contribution in [0.1, 0.15) is 43.3 Å². The average Bonchev–Trinajstić information content (AvgIpc) is 3.47. The largest absolute Gasteiger partial charge is 0.494 e. The third-order valence-electron chi connectivity index (χ3n) is 5.53. The molecule has 190 valence electrons. The number of nitrogens with zero attached hydrogens (tertiary/aromatic N) is 3. The molecule has 0 aliphatic heterocycles. The lowest BCUT2D eigenvalue weighted by Gasteiger charge is -2.19. The summed E-state index contributed by atoms with van der Waals surface area (Å²) in [5.74, 6) is 0.914. The van der Waals surface area contributed by atoms with Crippen LogP contribution in [0.25, 0.3) is 5.69 Å². The molecule has 10 heteroatoms. The zero-order valence-corrected chi connectivity index (χ0v) is 22.4. The molecule has 8 nitrogen and oxygen atoms in total. The maximum absolute atomic E-state index is 12.9. The first-order valence-corrected chi connectivity index (χ1v) is 14.2. The van der Waals surface area contributed by atoms with Gasteiger partial charge in [-0.1, -0.05) is 44.2 Å². The Morgan fingerprint density at radius 3 is 2.58 bits per heavy atom. The maximum atomic E-state index is 12.9. The van der Waals surface area contributed by atoms with E-state index in [1.165, 1.54) is 11.3 Å². The van der Waals surface area contributed by atoms with E-state index in [1.54, 1.807) is 13.4 Å². The van der Waals surface area contributed by atoms with Crippen molar-refractivity contribution in [2.45, 2.75) is 39.0 Å². The number of thiazole rings is 1. The standard InChI is InChI=1S/C26H31N5O3S2/c1-18(2)12-22(30-36(32,33)16-20-8-6-5-7-9-20)23-15-35-26(29-23)28-21-10-11-24(25(13-21)34-4)31-14-19(3)27-17-31/h5-11,13-15,17-18,22,30H,12,16H2,1-4H3,(H,28,29)/t22-/m0/s1. The van der Waals surface area contributed by atoms with Crippen LogP contribution in [-0.2, 0) is 15.8 Å². The number of aromatic nitrogens is 3. The lowest BCUT2D eigenvalue weighted by atomic mass is 10.0. The van der Waals surface area contributed by atoms with Crippen LogP contribution < -0.4 is 14.8 Å². The van der Waals surface area contributed by atoms with Gasteiger partial charge in [-0.25, -0.2) is 23.1 Å². The van der Waals surface area contributed by atoms with Gasteiger partial charge in [-0.15, -0.1) is 11.3 Å². The maximum Gasteiger partial charge on any atom is 0.216 e. The lowest BCUT2D eigenvalue weighted by molar-refractivity contribution is 0.413. The molecular weight excluding hydrogens is 494 g/mol. The third-order valence-corrected chi connectivity index (χ3v) is 7.66. The highest BCUT2D eigenvalue weighted by atomic mass is 32.2. The number of aryl methyl sites for hydroxylation is 1. The Morgan fingerprint density at radius 1 is 1.14 bits per heavy atom. The predicted octanol–water partition coefficient (Wildman–Crippen LogP) is 5.60. The summed E-state index contributed by atoms with van der Waals surface area (Å²) in [6.45, 7) is 6.08. The van der Waals surface area contributed by atoms with E-state index in [0.29, 0.717) is 23.0 Å². The Labute approximate surface area is 216 Å². The van der Waals surface area contributed by atoms with Gasteiger partial charge in [0.1, 0.15) is 5.75 Å². The van der Waals surface area contributed by atoms with Crippen molar-refractivity contribution in [1.82, 2.24) is 19.3 Å². The minimum Gasteiger partial charge on any atom is -0.494 e. The van der Waals surface area contributed by atoms with Crippen LogP contribution in [0.5, 0.6) is 5.75 Å². The Kier molecular flexibility index (Phi) is 8.07. The Bertz CT molecular complexity index is 1400. The van der Waals surface area contributed by atoms with Gasteiger partial charge in [0.25, 0.3) is 0 Å². The molecule has 4 aromatic rings. The highest BCUT2D eigenvalue weighted by molar-refractivity contribution is 7.88. The van der Waals surface area contributed by atoms with E-state index in [0.717, 1.165) is 22.6 Å². The topological polar surface area (TPSA) is 98.1 Å². The number of sulfonamides is 1. The van der Waals surface area contributed by atoms with E-state index >= 15 is 0 Å². The summed E-state index contributed by atoms with van der Waals surface area (Å²) >= 11 is 1.43. The van der Waals surface area contributed by atoms with Gasteiger partial charge in [-0.2, -0.15) is 0 Å². The van der Waals surface area contributed by atoms with Gasteiger partial charge in [-0.3, -0.25) is 0 Å². The fraction of sp³-hybridized carbons (Fsp3) is 0.308. The second-order valence-corrected chi connectivity index (χ2v) is 11.7. The number of anilines is 2. The van der Waals surface area contributed by atoms with Crippen molar-refractivity contribution in [3.8, 4) is 11.4 Å². The minimum atomic E-state index is -3.55. The number of nitrogens with one attached hydrogen (secondary N) is 2.